The summed E-state index contributed by atoms with van der Waals surface area (Å²) >= 11 is 0. The molecular formula is C23H26ClN3O3. The van der Waals surface area contributed by atoms with Gasteiger partial charge < -0.3 is 20.1 Å². The lowest BCUT2D eigenvalue weighted by Crippen LogP contribution is -2.14. The first-order chi connectivity index (χ1) is 14.2. The maximum atomic E-state index is 12.8. The molecule has 2 heterocycles. The molecule has 0 aliphatic carbocycles. The molecular weight excluding hydrogens is 402 g/mol. The van der Waals surface area contributed by atoms with E-state index >= 15 is 0 Å². The van der Waals surface area contributed by atoms with Crippen molar-refractivity contribution < 1.29 is 14.3 Å². The van der Waals surface area contributed by atoms with Crippen LogP contribution >= 0.6 is 12.4 Å². The van der Waals surface area contributed by atoms with Gasteiger partial charge in [0.2, 0.25) is 0 Å². The summed E-state index contributed by atoms with van der Waals surface area (Å²) < 4.78 is 10.8. The number of methoxy groups -OCH3 is 2. The molecule has 1 atom stereocenters. The lowest BCUT2D eigenvalue weighted by molar-refractivity contribution is 0.102. The molecule has 30 heavy (non-hydrogen) atoms. The van der Waals surface area contributed by atoms with Crippen molar-refractivity contribution in [3.8, 4) is 11.5 Å². The van der Waals surface area contributed by atoms with Crippen LogP contribution in [0.1, 0.15) is 22.3 Å². The van der Waals surface area contributed by atoms with Gasteiger partial charge in [-0.1, -0.05) is 0 Å². The molecule has 1 aromatic heterocycles. The van der Waals surface area contributed by atoms with E-state index in [0.717, 1.165) is 53.9 Å². The van der Waals surface area contributed by atoms with E-state index in [9.17, 15) is 4.79 Å². The third kappa shape index (κ3) is 4.83. The molecule has 0 spiro atoms. The maximum Gasteiger partial charge on any atom is 0.255 e. The predicted octanol–water partition coefficient (Wildman–Crippen LogP) is 4.08. The highest BCUT2D eigenvalue weighted by Crippen LogP contribution is 2.26. The predicted molar refractivity (Wildman–Crippen MR) is 121 cm³/mol. The molecule has 0 radical (unpaired) electrons. The van der Waals surface area contributed by atoms with Gasteiger partial charge in [0.05, 0.1) is 31.6 Å². The quantitative estimate of drug-likeness (QED) is 0.620. The second kappa shape index (κ2) is 9.78. The van der Waals surface area contributed by atoms with Crippen molar-refractivity contribution in [3.63, 3.8) is 0 Å². The number of hydrogen-bond acceptors (Lipinski definition) is 5. The molecule has 6 nitrogen and oxygen atoms in total. The van der Waals surface area contributed by atoms with Gasteiger partial charge in [-0.3, -0.25) is 9.78 Å². The van der Waals surface area contributed by atoms with E-state index in [-0.39, 0.29) is 18.3 Å². The number of halogens is 1. The second-order valence-electron chi connectivity index (χ2n) is 7.33. The topological polar surface area (TPSA) is 72.5 Å². The van der Waals surface area contributed by atoms with Crippen molar-refractivity contribution >= 4 is 34.9 Å². The Morgan fingerprint density at radius 1 is 1.17 bits per heavy atom. The number of fused-ring (bicyclic) bond motifs is 1. The maximum absolute atomic E-state index is 12.8. The van der Waals surface area contributed by atoms with Crippen LogP contribution in [0.2, 0.25) is 0 Å². The molecule has 3 aromatic rings. The zero-order valence-corrected chi connectivity index (χ0v) is 17.9. The van der Waals surface area contributed by atoms with Crippen LogP contribution in [0.3, 0.4) is 0 Å². The van der Waals surface area contributed by atoms with Crippen LogP contribution in [-0.4, -0.2) is 38.2 Å². The highest BCUT2D eigenvalue weighted by Gasteiger charge is 2.18. The van der Waals surface area contributed by atoms with Gasteiger partial charge in [0, 0.05) is 10.9 Å². The van der Waals surface area contributed by atoms with Crippen LogP contribution in [0.15, 0.2) is 48.7 Å². The number of rotatable bonds is 6. The van der Waals surface area contributed by atoms with Crippen molar-refractivity contribution in [3.05, 3.63) is 59.8 Å². The first-order valence-corrected chi connectivity index (χ1v) is 9.79. The minimum Gasteiger partial charge on any atom is -0.497 e. The number of aromatic nitrogens is 1. The Labute approximate surface area is 182 Å². The Morgan fingerprint density at radius 3 is 2.77 bits per heavy atom. The monoisotopic (exact) mass is 427 g/mol. The third-order valence-electron chi connectivity index (χ3n) is 5.36. The van der Waals surface area contributed by atoms with Crippen LogP contribution in [0.5, 0.6) is 11.5 Å². The van der Waals surface area contributed by atoms with Gasteiger partial charge in [-0.25, -0.2) is 0 Å². The minimum atomic E-state index is -0.164. The fraction of sp³-hybridized carbons (Fsp3) is 0.304. The lowest BCUT2D eigenvalue weighted by Gasteiger charge is -2.14. The largest absolute Gasteiger partial charge is 0.497 e. The summed E-state index contributed by atoms with van der Waals surface area (Å²) in [6.45, 7) is 2.05. The summed E-state index contributed by atoms with van der Waals surface area (Å²) in [5, 5.41) is 7.25. The highest BCUT2D eigenvalue weighted by molar-refractivity contribution is 6.05. The Morgan fingerprint density at radius 2 is 2.03 bits per heavy atom. The fourth-order valence-electron chi connectivity index (χ4n) is 3.79. The zero-order valence-electron chi connectivity index (χ0n) is 17.1. The number of carbonyl (C=O) groups is 1. The second-order valence-corrected chi connectivity index (χ2v) is 7.33. The summed E-state index contributed by atoms with van der Waals surface area (Å²) in [5.74, 6) is 1.99. The molecule has 4 rings (SSSR count). The van der Waals surface area contributed by atoms with Crippen molar-refractivity contribution in [2.45, 2.75) is 12.8 Å². The smallest absolute Gasteiger partial charge is 0.255 e. The Bertz CT molecular complexity index is 1040. The Kier molecular flexibility index (Phi) is 7.13. The van der Waals surface area contributed by atoms with Gasteiger partial charge in [-0.05, 0) is 79.9 Å². The average molecular weight is 428 g/mol. The molecule has 1 aliphatic rings. The summed E-state index contributed by atoms with van der Waals surface area (Å²) in [6.07, 6.45) is 3.71. The van der Waals surface area contributed by atoms with Crippen LogP contribution in [0.4, 0.5) is 5.69 Å². The van der Waals surface area contributed by atoms with Gasteiger partial charge in [0.15, 0.2) is 0 Å². The number of benzene rings is 2. The minimum absolute atomic E-state index is 0. The number of carbonyl (C=O) groups excluding carboxylic acids is 1. The van der Waals surface area contributed by atoms with E-state index in [1.165, 1.54) is 0 Å². The van der Waals surface area contributed by atoms with E-state index in [0.29, 0.717) is 17.2 Å². The lowest BCUT2D eigenvalue weighted by atomic mass is 9.96. The number of amides is 1. The van der Waals surface area contributed by atoms with E-state index in [2.05, 4.69) is 15.6 Å². The third-order valence-corrected chi connectivity index (χ3v) is 5.36. The highest BCUT2D eigenvalue weighted by atomic mass is 35.5. The average Bonchev–Trinajstić information content (AvgIpc) is 3.26. The van der Waals surface area contributed by atoms with E-state index in [4.69, 9.17) is 9.47 Å². The molecule has 2 aromatic carbocycles. The van der Waals surface area contributed by atoms with Crippen molar-refractivity contribution in [1.82, 2.24) is 10.3 Å². The number of hydrogen-bond donors (Lipinski definition) is 2. The molecule has 1 amide bonds. The molecule has 2 N–H and O–H groups in total. The van der Waals surface area contributed by atoms with Gasteiger partial charge in [0.1, 0.15) is 11.5 Å². The number of anilines is 1. The van der Waals surface area contributed by atoms with Crippen molar-refractivity contribution in [2.24, 2.45) is 5.92 Å². The first kappa shape index (κ1) is 21.9. The number of nitrogens with one attached hydrogen (secondary N) is 2. The van der Waals surface area contributed by atoms with Crippen LogP contribution < -0.4 is 20.1 Å². The Hall–Kier alpha value is -2.83. The van der Waals surface area contributed by atoms with Gasteiger partial charge in [-0.2, -0.15) is 0 Å². The molecule has 1 unspecified atom stereocenters. The molecule has 1 fully saturated rings. The van der Waals surface area contributed by atoms with E-state index < -0.39 is 0 Å². The molecule has 1 aliphatic heterocycles. The summed E-state index contributed by atoms with van der Waals surface area (Å²) in [6, 6.07) is 13.2. The zero-order chi connectivity index (χ0) is 20.2. The number of pyridine rings is 1. The molecule has 0 bridgehead atoms. The van der Waals surface area contributed by atoms with Crippen LogP contribution in [0, 0.1) is 5.92 Å². The van der Waals surface area contributed by atoms with Crippen molar-refractivity contribution in [2.75, 3.05) is 32.6 Å². The first-order valence-electron chi connectivity index (χ1n) is 9.79. The SMILES string of the molecule is COc1ccc2ncc(NC(=O)c3ccc(OC)c(CC4CCNC4)c3)cc2c1.Cl. The van der Waals surface area contributed by atoms with Crippen LogP contribution in [-0.2, 0) is 6.42 Å². The fourth-order valence-corrected chi connectivity index (χ4v) is 3.79. The van der Waals surface area contributed by atoms with Gasteiger partial charge in [-0.15, -0.1) is 12.4 Å². The number of nitrogens with zero attached hydrogens (tertiary/aromatic N) is 1. The molecule has 158 valence electrons. The summed E-state index contributed by atoms with van der Waals surface area (Å²) in [7, 11) is 3.30. The van der Waals surface area contributed by atoms with Crippen LogP contribution in [0.25, 0.3) is 10.9 Å². The van der Waals surface area contributed by atoms with E-state index in [1.807, 2.05) is 36.4 Å². The van der Waals surface area contributed by atoms with Gasteiger partial charge >= 0.3 is 0 Å². The van der Waals surface area contributed by atoms with Gasteiger partial charge in [0.25, 0.3) is 5.91 Å². The summed E-state index contributed by atoms with van der Waals surface area (Å²) in [5.41, 5.74) is 3.17. The summed E-state index contributed by atoms with van der Waals surface area (Å²) in [4.78, 5) is 17.3. The normalized spacial score (nSPS) is 15.5. The number of ether oxygens (including phenoxy) is 2. The van der Waals surface area contributed by atoms with E-state index in [1.54, 1.807) is 26.5 Å². The molecule has 1 saturated heterocycles. The van der Waals surface area contributed by atoms with Crippen molar-refractivity contribution in [1.29, 1.82) is 0 Å². The Balaban J connectivity index is 0.00000256. The molecule has 0 saturated carbocycles. The standard InChI is InChI=1S/C23H25N3O3.ClH/c1-28-20-4-5-21-17(12-20)11-19(14-25-21)26-23(27)16-3-6-22(29-2)18(10-16)9-15-7-8-24-13-15;/h3-6,10-12,14-15,24H,7-9,13H2,1-2H3,(H,26,27);1H. The molecule has 7 heteroatoms.